The number of rotatable bonds is 3. The molecule has 2 N–H and O–H groups in total. The van der Waals surface area contributed by atoms with Crippen molar-refractivity contribution in [2.24, 2.45) is 0 Å². The van der Waals surface area contributed by atoms with Crippen molar-refractivity contribution in [2.75, 3.05) is 26.2 Å². The van der Waals surface area contributed by atoms with Crippen LogP contribution in [0.25, 0.3) is 0 Å². The van der Waals surface area contributed by atoms with Crippen molar-refractivity contribution in [3.05, 3.63) is 0 Å². The highest BCUT2D eigenvalue weighted by Crippen LogP contribution is 2.07. The predicted octanol–water partition coefficient (Wildman–Crippen LogP) is -0.811. The summed E-state index contributed by atoms with van der Waals surface area (Å²) < 4.78 is 0. The van der Waals surface area contributed by atoms with Crippen LogP contribution < -0.4 is 5.32 Å². The summed E-state index contributed by atoms with van der Waals surface area (Å²) in [5, 5.41) is 11.9. The standard InChI is InChI=1S/C8H16N2O2/c1-2-9-8(12)6-10-4-3-7(11)5-10/h7,11H,2-6H2,1H3,(H,9,12). The lowest BCUT2D eigenvalue weighted by Crippen LogP contribution is -2.36. The maximum Gasteiger partial charge on any atom is 0.234 e. The fraction of sp³-hybridized carbons (Fsp3) is 0.875. The smallest absolute Gasteiger partial charge is 0.234 e. The molecule has 70 valence electrons. The van der Waals surface area contributed by atoms with Gasteiger partial charge in [0.2, 0.25) is 5.91 Å². The summed E-state index contributed by atoms with van der Waals surface area (Å²) in [4.78, 5) is 13.0. The zero-order valence-corrected chi connectivity index (χ0v) is 7.42. The monoisotopic (exact) mass is 172 g/mol. The lowest BCUT2D eigenvalue weighted by atomic mass is 10.3. The third-order valence-electron chi connectivity index (χ3n) is 1.99. The quantitative estimate of drug-likeness (QED) is 0.585. The van der Waals surface area contributed by atoms with Gasteiger partial charge in [-0.25, -0.2) is 0 Å². The molecular formula is C8H16N2O2. The van der Waals surface area contributed by atoms with E-state index in [-0.39, 0.29) is 12.0 Å². The van der Waals surface area contributed by atoms with Crippen LogP contribution in [-0.2, 0) is 4.79 Å². The third kappa shape index (κ3) is 2.79. The van der Waals surface area contributed by atoms with Crippen molar-refractivity contribution in [3.8, 4) is 0 Å². The summed E-state index contributed by atoms with van der Waals surface area (Å²) in [7, 11) is 0. The first-order valence-corrected chi connectivity index (χ1v) is 4.39. The van der Waals surface area contributed by atoms with Gasteiger partial charge < -0.3 is 10.4 Å². The summed E-state index contributed by atoms with van der Waals surface area (Å²) in [6.07, 6.45) is 0.554. The van der Waals surface area contributed by atoms with Crippen LogP contribution in [-0.4, -0.2) is 48.2 Å². The Labute approximate surface area is 72.6 Å². The second-order valence-electron chi connectivity index (χ2n) is 3.13. The molecule has 0 aromatic carbocycles. The largest absolute Gasteiger partial charge is 0.392 e. The number of carbonyl (C=O) groups excluding carboxylic acids is 1. The summed E-state index contributed by atoms with van der Waals surface area (Å²) in [6.45, 7) is 4.46. The molecule has 1 atom stereocenters. The van der Waals surface area contributed by atoms with E-state index in [9.17, 15) is 4.79 Å². The van der Waals surface area contributed by atoms with Crippen LogP contribution in [0.1, 0.15) is 13.3 Å². The van der Waals surface area contributed by atoms with E-state index in [4.69, 9.17) is 5.11 Å². The summed E-state index contributed by atoms with van der Waals surface area (Å²) >= 11 is 0. The van der Waals surface area contributed by atoms with E-state index in [1.165, 1.54) is 0 Å². The lowest BCUT2D eigenvalue weighted by Gasteiger charge is -2.13. The van der Waals surface area contributed by atoms with Crippen LogP contribution in [0.15, 0.2) is 0 Å². The molecule has 1 amide bonds. The fourth-order valence-electron chi connectivity index (χ4n) is 1.41. The maximum atomic E-state index is 11.1. The van der Waals surface area contributed by atoms with E-state index in [2.05, 4.69) is 5.32 Å². The summed E-state index contributed by atoms with van der Waals surface area (Å²) in [6, 6.07) is 0. The van der Waals surface area contributed by atoms with E-state index in [0.29, 0.717) is 19.6 Å². The highest BCUT2D eigenvalue weighted by Gasteiger charge is 2.21. The van der Waals surface area contributed by atoms with Gasteiger partial charge in [-0.3, -0.25) is 9.69 Å². The van der Waals surface area contributed by atoms with Crippen LogP contribution >= 0.6 is 0 Å². The number of β-amino-alcohol motifs (C(OH)–C–C–N with tert-alkyl or cyclic N) is 1. The van der Waals surface area contributed by atoms with E-state index in [0.717, 1.165) is 13.0 Å². The maximum absolute atomic E-state index is 11.1. The van der Waals surface area contributed by atoms with Crippen molar-refractivity contribution in [2.45, 2.75) is 19.4 Å². The molecule has 0 aromatic heterocycles. The van der Waals surface area contributed by atoms with Crippen LogP contribution in [0.5, 0.6) is 0 Å². The highest BCUT2D eigenvalue weighted by molar-refractivity contribution is 5.77. The molecule has 1 fully saturated rings. The average Bonchev–Trinajstić information content (AvgIpc) is 2.36. The number of nitrogens with zero attached hydrogens (tertiary/aromatic N) is 1. The molecule has 0 aliphatic carbocycles. The Bertz CT molecular complexity index is 161. The van der Waals surface area contributed by atoms with Gasteiger partial charge in [0.15, 0.2) is 0 Å². The molecule has 1 saturated heterocycles. The fourth-order valence-corrected chi connectivity index (χ4v) is 1.41. The van der Waals surface area contributed by atoms with Crippen LogP contribution in [0, 0.1) is 0 Å². The number of aliphatic hydroxyl groups excluding tert-OH is 1. The first-order chi connectivity index (χ1) is 5.72. The Morgan fingerprint density at radius 2 is 2.50 bits per heavy atom. The molecular weight excluding hydrogens is 156 g/mol. The number of carbonyl (C=O) groups is 1. The number of likely N-dealkylation sites (tertiary alicyclic amines) is 1. The summed E-state index contributed by atoms with van der Waals surface area (Å²) in [5.41, 5.74) is 0. The second kappa shape index (κ2) is 4.42. The predicted molar refractivity (Wildman–Crippen MR) is 45.7 cm³/mol. The van der Waals surface area contributed by atoms with Crippen LogP contribution in [0.2, 0.25) is 0 Å². The zero-order chi connectivity index (χ0) is 8.97. The highest BCUT2D eigenvalue weighted by atomic mass is 16.3. The van der Waals surface area contributed by atoms with E-state index in [1.54, 1.807) is 0 Å². The number of nitrogens with one attached hydrogen (secondary N) is 1. The van der Waals surface area contributed by atoms with Crippen molar-refractivity contribution >= 4 is 5.91 Å². The molecule has 0 bridgehead atoms. The minimum atomic E-state index is -0.237. The normalized spacial score (nSPS) is 24.3. The van der Waals surface area contributed by atoms with Gasteiger partial charge in [0.25, 0.3) is 0 Å². The van der Waals surface area contributed by atoms with Gasteiger partial charge in [0, 0.05) is 19.6 Å². The van der Waals surface area contributed by atoms with Gasteiger partial charge >= 0.3 is 0 Å². The number of amides is 1. The first kappa shape index (κ1) is 9.48. The number of likely N-dealkylation sites (N-methyl/N-ethyl adjacent to an activating group) is 1. The van der Waals surface area contributed by atoms with Gasteiger partial charge in [-0.15, -0.1) is 0 Å². The molecule has 1 aliphatic heterocycles. The third-order valence-corrected chi connectivity index (χ3v) is 1.99. The zero-order valence-electron chi connectivity index (χ0n) is 7.42. The van der Waals surface area contributed by atoms with Gasteiger partial charge in [0.1, 0.15) is 0 Å². The molecule has 4 nitrogen and oxygen atoms in total. The van der Waals surface area contributed by atoms with Crippen molar-refractivity contribution in [1.29, 1.82) is 0 Å². The number of hydrogen-bond donors (Lipinski definition) is 2. The van der Waals surface area contributed by atoms with Gasteiger partial charge in [-0.2, -0.15) is 0 Å². The van der Waals surface area contributed by atoms with Crippen LogP contribution in [0.3, 0.4) is 0 Å². The molecule has 1 aliphatic rings. The SMILES string of the molecule is CCNC(=O)CN1CCC(O)C1. The molecule has 1 unspecified atom stereocenters. The van der Waals surface area contributed by atoms with Crippen LogP contribution in [0.4, 0.5) is 0 Å². The Morgan fingerprint density at radius 1 is 1.75 bits per heavy atom. The van der Waals surface area contributed by atoms with E-state index >= 15 is 0 Å². The van der Waals surface area contributed by atoms with E-state index < -0.39 is 0 Å². The number of aliphatic hydroxyl groups is 1. The van der Waals surface area contributed by atoms with Crippen molar-refractivity contribution in [3.63, 3.8) is 0 Å². The van der Waals surface area contributed by atoms with Crippen molar-refractivity contribution < 1.29 is 9.90 Å². The Kier molecular flexibility index (Phi) is 3.49. The minimum absolute atomic E-state index is 0.0478. The summed E-state index contributed by atoms with van der Waals surface area (Å²) in [5.74, 6) is 0.0478. The lowest BCUT2D eigenvalue weighted by molar-refractivity contribution is -0.121. The van der Waals surface area contributed by atoms with Gasteiger partial charge in [-0.1, -0.05) is 0 Å². The van der Waals surface area contributed by atoms with Gasteiger partial charge in [-0.05, 0) is 13.3 Å². The Hall–Kier alpha value is -0.610. The second-order valence-corrected chi connectivity index (χ2v) is 3.13. The molecule has 0 radical (unpaired) electrons. The van der Waals surface area contributed by atoms with E-state index in [1.807, 2.05) is 11.8 Å². The topological polar surface area (TPSA) is 52.6 Å². The average molecular weight is 172 g/mol. The molecule has 12 heavy (non-hydrogen) atoms. The molecule has 1 rings (SSSR count). The number of hydrogen-bond acceptors (Lipinski definition) is 3. The Balaban J connectivity index is 2.18. The molecule has 4 heteroatoms. The Morgan fingerprint density at radius 3 is 3.00 bits per heavy atom. The molecule has 0 aromatic rings. The molecule has 1 heterocycles. The first-order valence-electron chi connectivity index (χ1n) is 4.39. The van der Waals surface area contributed by atoms with Gasteiger partial charge in [0.05, 0.1) is 12.6 Å². The molecule has 0 saturated carbocycles. The van der Waals surface area contributed by atoms with Crippen molar-refractivity contribution in [1.82, 2.24) is 10.2 Å². The minimum Gasteiger partial charge on any atom is -0.392 e. The molecule has 0 spiro atoms.